The maximum atomic E-state index is 6.39. The molecule has 0 bridgehead atoms. The van der Waals surface area contributed by atoms with Crippen molar-refractivity contribution in [1.82, 2.24) is 10.2 Å². The summed E-state index contributed by atoms with van der Waals surface area (Å²) in [6.45, 7) is 9.76. The van der Waals surface area contributed by atoms with E-state index in [9.17, 15) is 0 Å². The van der Waals surface area contributed by atoms with Crippen molar-refractivity contribution < 1.29 is 4.74 Å². The molecule has 21 heavy (non-hydrogen) atoms. The molecule has 1 saturated heterocycles. The molecule has 1 aliphatic heterocycles. The van der Waals surface area contributed by atoms with E-state index in [1.807, 2.05) is 18.2 Å². The van der Waals surface area contributed by atoms with Crippen LogP contribution in [0.5, 0.6) is 5.75 Å². The molecule has 1 aromatic rings. The SMILES string of the molecule is CCC1CNC(C(C)C)CN1Cc1c(Cl)cccc1OC. The summed E-state index contributed by atoms with van der Waals surface area (Å²) in [5.41, 5.74) is 1.10. The first kappa shape index (κ1) is 16.6. The van der Waals surface area contributed by atoms with Gasteiger partial charge in [-0.05, 0) is 24.5 Å². The van der Waals surface area contributed by atoms with E-state index in [2.05, 4.69) is 31.0 Å². The van der Waals surface area contributed by atoms with Crippen LogP contribution in [-0.4, -0.2) is 37.2 Å². The van der Waals surface area contributed by atoms with Crippen LogP contribution in [0.2, 0.25) is 5.02 Å². The highest BCUT2D eigenvalue weighted by Crippen LogP contribution is 2.29. The van der Waals surface area contributed by atoms with E-state index in [0.29, 0.717) is 18.0 Å². The van der Waals surface area contributed by atoms with Gasteiger partial charge in [-0.3, -0.25) is 4.90 Å². The van der Waals surface area contributed by atoms with Gasteiger partial charge in [0.25, 0.3) is 0 Å². The molecule has 0 aromatic heterocycles. The number of hydrogen-bond acceptors (Lipinski definition) is 3. The molecule has 0 radical (unpaired) electrons. The van der Waals surface area contributed by atoms with Gasteiger partial charge in [0.2, 0.25) is 0 Å². The third-order valence-corrected chi connectivity index (χ3v) is 4.85. The Morgan fingerprint density at radius 1 is 1.43 bits per heavy atom. The normalized spacial score (nSPS) is 23.5. The van der Waals surface area contributed by atoms with Crippen molar-refractivity contribution in [1.29, 1.82) is 0 Å². The topological polar surface area (TPSA) is 24.5 Å². The van der Waals surface area contributed by atoms with Gasteiger partial charge >= 0.3 is 0 Å². The minimum Gasteiger partial charge on any atom is -0.496 e. The number of halogens is 1. The van der Waals surface area contributed by atoms with E-state index in [-0.39, 0.29) is 0 Å². The fraction of sp³-hybridized carbons (Fsp3) is 0.647. The second kappa shape index (κ2) is 7.48. The number of methoxy groups -OCH3 is 1. The number of rotatable bonds is 5. The van der Waals surface area contributed by atoms with Crippen LogP contribution in [0.4, 0.5) is 0 Å². The predicted octanol–water partition coefficient (Wildman–Crippen LogP) is 3.56. The lowest BCUT2D eigenvalue weighted by atomic mass is 9.97. The fourth-order valence-corrected chi connectivity index (χ4v) is 3.24. The van der Waals surface area contributed by atoms with Crippen molar-refractivity contribution in [2.75, 3.05) is 20.2 Å². The smallest absolute Gasteiger partial charge is 0.124 e. The second-order valence-electron chi connectivity index (χ2n) is 6.17. The lowest BCUT2D eigenvalue weighted by Crippen LogP contribution is -2.57. The number of benzene rings is 1. The molecule has 1 heterocycles. The Labute approximate surface area is 133 Å². The molecule has 0 aliphatic carbocycles. The van der Waals surface area contributed by atoms with E-state index in [0.717, 1.165) is 42.4 Å². The maximum absolute atomic E-state index is 6.39. The lowest BCUT2D eigenvalue weighted by Gasteiger charge is -2.42. The van der Waals surface area contributed by atoms with Crippen LogP contribution in [-0.2, 0) is 6.54 Å². The third kappa shape index (κ3) is 3.91. The zero-order valence-electron chi connectivity index (χ0n) is 13.5. The van der Waals surface area contributed by atoms with Crippen LogP contribution in [0.3, 0.4) is 0 Å². The van der Waals surface area contributed by atoms with Crippen molar-refractivity contribution in [3.05, 3.63) is 28.8 Å². The highest BCUT2D eigenvalue weighted by Gasteiger charge is 2.29. The Balaban J connectivity index is 2.19. The molecular weight excluding hydrogens is 284 g/mol. The van der Waals surface area contributed by atoms with Gasteiger partial charge in [0.15, 0.2) is 0 Å². The average Bonchev–Trinajstić information content (AvgIpc) is 2.49. The number of nitrogens with one attached hydrogen (secondary N) is 1. The molecule has 3 nitrogen and oxygen atoms in total. The van der Waals surface area contributed by atoms with Gasteiger partial charge in [-0.15, -0.1) is 0 Å². The highest BCUT2D eigenvalue weighted by molar-refractivity contribution is 6.31. The summed E-state index contributed by atoms with van der Waals surface area (Å²) in [6.07, 6.45) is 1.14. The van der Waals surface area contributed by atoms with Crippen molar-refractivity contribution in [3.63, 3.8) is 0 Å². The van der Waals surface area contributed by atoms with Crippen molar-refractivity contribution >= 4 is 11.6 Å². The Kier molecular flexibility index (Phi) is 5.91. The van der Waals surface area contributed by atoms with Gasteiger partial charge < -0.3 is 10.1 Å². The molecule has 1 aromatic carbocycles. The molecule has 2 rings (SSSR count). The molecule has 0 amide bonds. The molecule has 0 saturated carbocycles. The van der Waals surface area contributed by atoms with Gasteiger partial charge in [0.1, 0.15) is 5.75 Å². The summed E-state index contributed by atoms with van der Waals surface area (Å²) >= 11 is 6.39. The molecule has 1 aliphatic rings. The van der Waals surface area contributed by atoms with E-state index < -0.39 is 0 Å². The average molecular weight is 311 g/mol. The first-order valence-corrected chi connectivity index (χ1v) is 8.23. The van der Waals surface area contributed by atoms with Crippen LogP contribution in [0.15, 0.2) is 18.2 Å². The van der Waals surface area contributed by atoms with Crippen LogP contribution >= 0.6 is 11.6 Å². The quantitative estimate of drug-likeness (QED) is 0.900. The van der Waals surface area contributed by atoms with Gasteiger partial charge in [-0.1, -0.05) is 38.4 Å². The summed E-state index contributed by atoms with van der Waals surface area (Å²) in [5, 5.41) is 4.47. The molecule has 2 atom stereocenters. The van der Waals surface area contributed by atoms with Gasteiger partial charge in [-0.25, -0.2) is 0 Å². The van der Waals surface area contributed by atoms with Crippen LogP contribution < -0.4 is 10.1 Å². The van der Waals surface area contributed by atoms with Gasteiger partial charge in [-0.2, -0.15) is 0 Å². The summed E-state index contributed by atoms with van der Waals surface area (Å²) in [5.74, 6) is 1.52. The van der Waals surface area contributed by atoms with Gasteiger partial charge in [0.05, 0.1) is 7.11 Å². The first-order valence-electron chi connectivity index (χ1n) is 7.85. The number of nitrogens with zero attached hydrogens (tertiary/aromatic N) is 1. The first-order chi connectivity index (χ1) is 10.1. The van der Waals surface area contributed by atoms with Gasteiger partial charge in [0, 0.05) is 42.3 Å². The van der Waals surface area contributed by atoms with Crippen molar-refractivity contribution in [3.8, 4) is 5.75 Å². The standard InChI is InChI=1S/C17H27ClN2O/c1-5-13-9-19-16(12(2)3)11-20(13)10-14-15(18)7-6-8-17(14)21-4/h6-8,12-13,16,19H,5,9-11H2,1-4H3. The Hall–Kier alpha value is -0.770. The van der Waals surface area contributed by atoms with Crippen LogP contribution in [0.1, 0.15) is 32.8 Å². The fourth-order valence-electron chi connectivity index (χ4n) is 3.01. The largest absolute Gasteiger partial charge is 0.496 e. The summed E-state index contributed by atoms with van der Waals surface area (Å²) in [7, 11) is 1.71. The lowest BCUT2D eigenvalue weighted by molar-refractivity contribution is 0.102. The number of hydrogen-bond donors (Lipinski definition) is 1. The number of ether oxygens (including phenoxy) is 1. The summed E-state index contributed by atoms with van der Waals surface area (Å²) < 4.78 is 5.48. The third-order valence-electron chi connectivity index (χ3n) is 4.50. The minimum atomic E-state index is 0.543. The monoisotopic (exact) mass is 310 g/mol. The molecule has 4 heteroatoms. The Morgan fingerprint density at radius 3 is 2.81 bits per heavy atom. The minimum absolute atomic E-state index is 0.543. The van der Waals surface area contributed by atoms with Crippen LogP contribution in [0.25, 0.3) is 0 Å². The van der Waals surface area contributed by atoms with E-state index in [1.165, 1.54) is 0 Å². The number of piperazine rings is 1. The summed E-state index contributed by atoms with van der Waals surface area (Å²) in [6, 6.07) is 6.98. The van der Waals surface area contributed by atoms with E-state index in [4.69, 9.17) is 16.3 Å². The molecule has 1 fully saturated rings. The van der Waals surface area contributed by atoms with Crippen LogP contribution in [0, 0.1) is 5.92 Å². The zero-order valence-corrected chi connectivity index (χ0v) is 14.3. The zero-order chi connectivity index (χ0) is 15.4. The van der Waals surface area contributed by atoms with Crippen molar-refractivity contribution in [2.24, 2.45) is 5.92 Å². The predicted molar refractivity (Wildman–Crippen MR) is 89.1 cm³/mol. The molecule has 0 spiro atoms. The molecular formula is C17H27ClN2O. The maximum Gasteiger partial charge on any atom is 0.124 e. The Bertz CT molecular complexity index is 464. The molecule has 1 N–H and O–H groups in total. The summed E-state index contributed by atoms with van der Waals surface area (Å²) in [4.78, 5) is 2.55. The van der Waals surface area contributed by atoms with Crippen molar-refractivity contribution in [2.45, 2.75) is 45.8 Å². The van der Waals surface area contributed by atoms with E-state index in [1.54, 1.807) is 7.11 Å². The molecule has 118 valence electrons. The Morgan fingerprint density at radius 2 is 2.19 bits per heavy atom. The molecule has 2 unspecified atom stereocenters. The van der Waals surface area contributed by atoms with E-state index >= 15 is 0 Å². The second-order valence-corrected chi connectivity index (χ2v) is 6.58. The highest BCUT2D eigenvalue weighted by atomic mass is 35.5.